The molecule has 6 aliphatic rings. The van der Waals surface area contributed by atoms with Crippen molar-refractivity contribution in [2.24, 2.45) is 15.9 Å². The summed E-state index contributed by atoms with van der Waals surface area (Å²) in [5, 5.41) is 56.1. The lowest BCUT2D eigenvalue weighted by Gasteiger charge is -2.51. The number of nitrogens with one attached hydrogen (secondary N) is 1. The van der Waals surface area contributed by atoms with Gasteiger partial charge in [-0.05, 0) is 81.2 Å². The molecule has 2 unspecified atom stereocenters. The summed E-state index contributed by atoms with van der Waals surface area (Å²) < 4.78 is 0.741. The molecule has 0 spiro atoms. The summed E-state index contributed by atoms with van der Waals surface area (Å²) in [4.78, 5) is 12.9. The lowest BCUT2D eigenvalue weighted by atomic mass is 9.46. The van der Waals surface area contributed by atoms with E-state index >= 15 is 0 Å². The SMILES string of the molecule is CC1=NN(C2=CC3=CC=C4C=C(C5=[N+]([O-])C(C)(C)C(C)(C)N5[O])C=C5C=CC(=C2)C3(C#N)C45C#N)C(=O)N(C)N1. The zero-order chi connectivity index (χ0) is 29.0. The number of hydrazone groups is 1. The standard InChI is InChI=1S/C29H27N8O3/c1-17-32-34(6)25(38)35(33-17)23-13-21-9-7-19-11-18(24-36(39)26(2,3)27(4,5)37(24)40)12-20-8-10-22(14-23)29(21,16-31)28(19,20)15-30/h7-14H,1-6H3,(H,32,33). The molecule has 2 atom stereocenters. The number of nitrogens with zero attached hydrogens (tertiary/aromatic N) is 7. The quantitative estimate of drug-likeness (QED) is 0.423. The zero-order valence-electron chi connectivity index (χ0n) is 23.0. The van der Waals surface area contributed by atoms with Crippen LogP contribution in [0.25, 0.3) is 0 Å². The van der Waals surface area contributed by atoms with Gasteiger partial charge in [-0.2, -0.15) is 15.5 Å². The number of urea groups is 1. The Kier molecular flexibility index (Phi) is 4.84. The molecule has 40 heavy (non-hydrogen) atoms. The number of nitriles is 2. The fraction of sp³-hybridized carbons (Fsp3) is 0.345. The average Bonchev–Trinajstić information content (AvgIpc) is 3.03. The lowest BCUT2D eigenvalue weighted by molar-refractivity contribution is -0.539. The normalized spacial score (nSPS) is 31.0. The maximum atomic E-state index is 13.4. The number of carbonyl (C=O) groups is 1. The van der Waals surface area contributed by atoms with Gasteiger partial charge in [0.2, 0.25) is 0 Å². The first kappa shape index (κ1) is 25.4. The van der Waals surface area contributed by atoms with Gasteiger partial charge in [0.15, 0.2) is 5.54 Å². The van der Waals surface area contributed by atoms with Crippen LogP contribution in [0.1, 0.15) is 34.6 Å². The van der Waals surface area contributed by atoms with Crippen molar-refractivity contribution in [3.63, 3.8) is 0 Å². The molecule has 0 fully saturated rings. The fourth-order valence-corrected chi connectivity index (χ4v) is 6.26. The average molecular weight is 536 g/mol. The number of amidine groups is 2. The van der Waals surface area contributed by atoms with Crippen LogP contribution in [-0.4, -0.2) is 55.6 Å². The monoisotopic (exact) mass is 535 g/mol. The molecule has 4 aliphatic carbocycles. The van der Waals surface area contributed by atoms with E-state index in [1.807, 2.05) is 0 Å². The molecule has 11 nitrogen and oxygen atoms in total. The highest BCUT2D eigenvalue weighted by atomic mass is 16.5. The van der Waals surface area contributed by atoms with E-state index in [9.17, 15) is 25.7 Å². The van der Waals surface area contributed by atoms with Crippen LogP contribution in [0, 0.1) is 38.7 Å². The Morgan fingerprint density at radius 1 is 0.950 bits per heavy atom. The van der Waals surface area contributed by atoms with Gasteiger partial charge in [-0.1, -0.05) is 29.4 Å². The van der Waals surface area contributed by atoms with Gasteiger partial charge in [0, 0.05) is 12.3 Å². The Labute approximate surface area is 231 Å². The third-order valence-electron chi connectivity index (χ3n) is 9.19. The number of hydroxylamine groups is 3. The molecule has 6 rings (SSSR count). The summed E-state index contributed by atoms with van der Waals surface area (Å²) in [6.45, 7) is 8.63. The summed E-state index contributed by atoms with van der Waals surface area (Å²) in [7, 11) is 1.59. The molecule has 11 heteroatoms. The molecule has 2 aliphatic heterocycles. The van der Waals surface area contributed by atoms with Crippen molar-refractivity contribution in [3.05, 3.63) is 87.4 Å². The van der Waals surface area contributed by atoms with Crippen molar-refractivity contribution >= 4 is 17.7 Å². The predicted octanol–water partition coefficient (Wildman–Crippen LogP) is 3.47. The second kappa shape index (κ2) is 7.62. The van der Waals surface area contributed by atoms with Gasteiger partial charge in [0.25, 0.3) is 0 Å². The molecule has 1 N–H and O–H groups in total. The summed E-state index contributed by atoms with van der Waals surface area (Å²) in [6.07, 6.45) is 13.7. The third kappa shape index (κ3) is 2.67. The van der Waals surface area contributed by atoms with Gasteiger partial charge in [0.05, 0.1) is 23.4 Å². The molecular formula is C29H27N8O3. The Balaban J connectivity index is 1.57. The number of hydrogen-bond donors (Lipinski definition) is 1. The second-order valence-corrected chi connectivity index (χ2v) is 11.7. The number of allylic oxidation sites excluding steroid dienone is 11. The Morgan fingerprint density at radius 2 is 1.52 bits per heavy atom. The maximum absolute atomic E-state index is 13.4. The van der Waals surface area contributed by atoms with E-state index in [4.69, 9.17) is 0 Å². The predicted molar refractivity (Wildman–Crippen MR) is 144 cm³/mol. The van der Waals surface area contributed by atoms with Crippen LogP contribution in [0.15, 0.2) is 87.3 Å². The minimum absolute atomic E-state index is 0.0362. The highest BCUT2D eigenvalue weighted by Gasteiger charge is 2.65. The van der Waals surface area contributed by atoms with Crippen LogP contribution in [0.5, 0.6) is 0 Å². The molecule has 1 radical (unpaired) electrons. The van der Waals surface area contributed by atoms with Crippen molar-refractivity contribution in [3.8, 4) is 12.1 Å². The number of amides is 2. The molecule has 0 aromatic rings. The zero-order valence-corrected chi connectivity index (χ0v) is 23.0. The Hall–Kier alpha value is -4.87. The third-order valence-corrected chi connectivity index (χ3v) is 9.19. The van der Waals surface area contributed by atoms with Crippen LogP contribution < -0.4 is 5.43 Å². The molecule has 0 aromatic carbocycles. The molecule has 2 amide bonds. The van der Waals surface area contributed by atoms with Crippen LogP contribution in [0.2, 0.25) is 0 Å². The van der Waals surface area contributed by atoms with Crippen LogP contribution in [0.4, 0.5) is 4.79 Å². The van der Waals surface area contributed by atoms with Crippen LogP contribution in [-0.2, 0) is 5.21 Å². The van der Waals surface area contributed by atoms with E-state index in [-0.39, 0.29) is 5.84 Å². The van der Waals surface area contributed by atoms with Crippen molar-refractivity contribution in [1.82, 2.24) is 20.5 Å². The molecule has 0 saturated carbocycles. The first-order valence-electron chi connectivity index (χ1n) is 12.8. The number of hydrazine groups is 1. The molecule has 0 bridgehead atoms. The fourth-order valence-electron chi connectivity index (χ4n) is 6.26. The number of hydrogen-bond acceptors (Lipinski definition) is 7. The minimum Gasteiger partial charge on any atom is -0.714 e. The number of rotatable bonds is 2. The molecule has 2 heterocycles. The van der Waals surface area contributed by atoms with Crippen molar-refractivity contribution < 1.29 is 14.7 Å². The molecular weight excluding hydrogens is 508 g/mol. The van der Waals surface area contributed by atoms with Crippen molar-refractivity contribution in [2.45, 2.75) is 45.7 Å². The number of carbonyl (C=O) groups excluding carboxylic acids is 1. The van der Waals surface area contributed by atoms with E-state index in [1.54, 1.807) is 90.3 Å². The molecule has 201 valence electrons. The van der Waals surface area contributed by atoms with Crippen molar-refractivity contribution in [2.75, 3.05) is 7.05 Å². The van der Waals surface area contributed by atoms with Crippen LogP contribution >= 0.6 is 0 Å². The highest BCUT2D eigenvalue weighted by molar-refractivity contribution is 6.00. The van der Waals surface area contributed by atoms with Gasteiger partial charge in [-0.15, -0.1) is 5.10 Å². The topological polar surface area (TPSA) is 145 Å². The molecule has 0 aromatic heterocycles. The summed E-state index contributed by atoms with van der Waals surface area (Å²) in [5.41, 5.74) is 0.882. The second-order valence-electron chi connectivity index (χ2n) is 11.7. The van der Waals surface area contributed by atoms with Gasteiger partial charge in [-0.25, -0.2) is 9.80 Å². The van der Waals surface area contributed by atoms with E-state index in [0.717, 1.165) is 9.80 Å². The Bertz CT molecular complexity index is 1680. The highest BCUT2D eigenvalue weighted by Crippen LogP contribution is 2.65. The smallest absolute Gasteiger partial charge is 0.363 e. The minimum atomic E-state index is -1.44. The molecule has 0 saturated heterocycles. The van der Waals surface area contributed by atoms with E-state index in [1.165, 1.54) is 10.0 Å². The largest absolute Gasteiger partial charge is 0.714 e. The van der Waals surface area contributed by atoms with E-state index in [2.05, 4.69) is 22.7 Å². The summed E-state index contributed by atoms with van der Waals surface area (Å²) in [6, 6.07) is 4.48. The summed E-state index contributed by atoms with van der Waals surface area (Å²) in [5.74, 6) is 0.475. The maximum Gasteiger partial charge on any atom is 0.363 e. The van der Waals surface area contributed by atoms with Crippen LogP contribution in [0.3, 0.4) is 0 Å². The first-order chi connectivity index (χ1) is 18.8. The van der Waals surface area contributed by atoms with Crippen molar-refractivity contribution in [1.29, 1.82) is 10.5 Å². The lowest BCUT2D eigenvalue weighted by Crippen LogP contribution is -2.54. The van der Waals surface area contributed by atoms with Gasteiger partial charge in [-0.3, -0.25) is 10.2 Å². The van der Waals surface area contributed by atoms with E-state index < -0.39 is 27.9 Å². The van der Waals surface area contributed by atoms with Gasteiger partial charge < -0.3 is 5.21 Å². The van der Waals surface area contributed by atoms with Gasteiger partial charge in [0.1, 0.15) is 22.2 Å². The summed E-state index contributed by atoms with van der Waals surface area (Å²) >= 11 is 0. The Morgan fingerprint density at radius 3 is 2.08 bits per heavy atom. The van der Waals surface area contributed by atoms with E-state index in [0.29, 0.717) is 39.4 Å². The van der Waals surface area contributed by atoms with Gasteiger partial charge >= 0.3 is 11.9 Å². The first-order valence-corrected chi connectivity index (χ1v) is 12.8.